The molecule has 2 rings (SSSR count). The molecule has 2 aromatic rings. The monoisotopic (exact) mass is 328 g/mol. The first kappa shape index (κ1) is 14.8. The third kappa shape index (κ3) is 3.30. The Kier molecular flexibility index (Phi) is 4.65. The van der Waals surface area contributed by atoms with Gasteiger partial charge in [0.15, 0.2) is 0 Å². The van der Waals surface area contributed by atoms with Gasteiger partial charge in [-0.3, -0.25) is 20.4 Å². The molecule has 0 aliphatic carbocycles. The first-order valence-electron chi connectivity index (χ1n) is 5.59. The molecule has 104 valence electrons. The Labute approximate surface area is 129 Å². The number of hydrogen-bond donors (Lipinski definition) is 2. The van der Waals surface area contributed by atoms with Gasteiger partial charge in [-0.1, -0.05) is 23.2 Å². The second kappa shape index (κ2) is 6.26. The van der Waals surface area contributed by atoms with Crippen molar-refractivity contribution in [3.8, 4) is 0 Å². The van der Waals surface area contributed by atoms with E-state index in [1.807, 2.05) is 6.92 Å². The maximum Gasteiger partial charge on any atom is 0.281 e. The van der Waals surface area contributed by atoms with Gasteiger partial charge in [0, 0.05) is 10.6 Å². The van der Waals surface area contributed by atoms with Gasteiger partial charge in [-0.05, 0) is 42.1 Å². The van der Waals surface area contributed by atoms with Crippen LogP contribution in [0.5, 0.6) is 0 Å². The second-order valence-electron chi connectivity index (χ2n) is 3.98. The van der Waals surface area contributed by atoms with Crippen molar-refractivity contribution in [1.29, 1.82) is 0 Å². The number of hydrazine groups is 1. The van der Waals surface area contributed by atoms with Gasteiger partial charge in [-0.25, -0.2) is 0 Å². The van der Waals surface area contributed by atoms with Crippen LogP contribution in [0, 0.1) is 6.92 Å². The van der Waals surface area contributed by atoms with Crippen LogP contribution in [-0.2, 0) is 0 Å². The molecule has 0 radical (unpaired) electrons. The van der Waals surface area contributed by atoms with Gasteiger partial charge < -0.3 is 0 Å². The highest BCUT2D eigenvalue weighted by Gasteiger charge is 2.15. The molecule has 1 heterocycles. The van der Waals surface area contributed by atoms with Crippen LogP contribution >= 0.6 is 34.5 Å². The summed E-state index contributed by atoms with van der Waals surface area (Å²) in [7, 11) is 0. The maximum absolute atomic E-state index is 11.8. The third-order valence-electron chi connectivity index (χ3n) is 2.50. The Morgan fingerprint density at radius 3 is 2.20 bits per heavy atom. The van der Waals surface area contributed by atoms with E-state index < -0.39 is 11.8 Å². The molecule has 20 heavy (non-hydrogen) atoms. The van der Waals surface area contributed by atoms with Crippen molar-refractivity contribution >= 4 is 46.4 Å². The topological polar surface area (TPSA) is 58.2 Å². The van der Waals surface area contributed by atoms with Gasteiger partial charge in [0.05, 0.1) is 5.02 Å². The maximum atomic E-state index is 11.8. The van der Waals surface area contributed by atoms with Crippen molar-refractivity contribution < 1.29 is 9.59 Å². The number of hydrogen-bond acceptors (Lipinski definition) is 3. The zero-order valence-corrected chi connectivity index (χ0v) is 12.7. The largest absolute Gasteiger partial charge is 0.281 e. The highest BCUT2D eigenvalue weighted by molar-refractivity contribution is 7.13. The lowest BCUT2D eigenvalue weighted by molar-refractivity contribution is 0.0849. The third-order valence-corrected chi connectivity index (χ3v) is 4.45. The zero-order valence-electron chi connectivity index (χ0n) is 10.4. The fourth-order valence-electron chi connectivity index (χ4n) is 1.43. The minimum absolute atomic E-state index is 0.362. The van der Waals surface area contributed by atoms with Gasteiger partial charge in [0.2, 0.25) is 0 Å². The zero-order chi connectivity index (χ0) is 14.7. The first-order valence-corrected chi connectivity index (χ1v) is 7.22. The average Bonchev–Trinajstić information content (AvgIpc) is 2.77. The Bertz CT molecular complexity index is 653. The normalized spacial score (nSPS) is 10.2. The molecule has 0 aliphatic rings. The van der Waals surface area contributed by atoms with E-state index in [0.717, 1.165) is 5.56 Å². The molecular formula is C13H10Cl2N2O2S. The van der Waals surface area contributed by atoms with Crippen LogP contribution in [0.15, 0.2) is 29.6 Å². The van der Waals surface area contributed by atoms with E-state index in [9.17, 15) is 9.59 Å². The lowest BCUT2D eigenvalue weighted by Crippen LogP contribution is -2.41. The number of rotatable bonds is 2. The molecule has 2 N–H and O–H groups in total. The summed E-state index contributed by atoms with van der Waals surface area (Å²) in [6.45, 7) is 1.81. The number of carbonyl (C=O) groups excluding carboxylic acids is 2. The highest BCUT2D eigenvalue weighted by Crippen LogP contribution is 2.26. The van der Waals surface area contributed by atoms with E-state index in [4.69, 9.17) is 23.2 Å². The van der Waals surface area contributed by atoms with Crippen molar-refractivity contribution in [3.63, 3.8) is 0 Å². The fourth-order valence-corrected chi connectivity index (χ4v) is 2.73. The van der Waals surface area contributed by atoms with Crippen LogP contribution in [0.1, 0.15) is 25.6 Å². The summed E-state index contributed by atoms with van der Waals surface area (Å²) in [5, 5.41) is 2.71. The van der Waals surface area contributed by atoms with Crippen LogP contribution < -0.4 is 10.9 Å². The Hall–Kier alpha value is -1.56. The summed E-state index contributed by atoms with van der Waals surface area (Å²) < 4.78 is 0. The molecule has 1 aromatic heterocycles. The number of carbonyl (C=O) groups is 2. The lowest BCUT2D eigenvalue weighted by Gasteiger charge is -2.06. The number of halogens is 2. The van der Waals surface area contributed by atoms with Crippen molar-refractivity contribution in [2.45, 2.75) is 6.92 Å². The molecule has 0 spiro atoms. The summed E-state index contributed by atoms with van der Waals surface area (Å²) in [5.41, 5.74) is 5.86. The minimum Gasteiger partial charge on any atom is -0.267 e. The first-order chi connectivity index (χ1) is 9.49. The van der Waals surface area contributed by atoms with Crippen LogP contribution in [0.3, 0.4) is 0 Å². The molecule has 0 aliphatic heterocycles. The van der Waals surface area contributed by atoms with Gasteiger partial charge in [-0.2, -0.15) is 0 Å². The molecule has 0 bridgehead atoms. The number of amides is 2. The summed E-state index contributed by atoms with van der Waals surface area (Å²) in [5.74, 6) is -0.880. The molecule has 1 aromatic carbocycles. The minimum atomic E-state index is -0.449. The molecule has 4 nitrogen and oxygen atoms in total. The summed E-state index contributed by atoms with van der Waals surface area (Å²) in [4.78, 5) is 24.0. The molecule has 0 atom stereocenters. The van der Waals surface area contributed by atoms with E-state index in [-0.39, 0.29) is 0 Å². The number of nitrogens with one attached hydrogen (secondary N) is 2. The molecule has 0 unspecified atom stereocenters. The summed E-state index contributed by atoms with van der Waals surface area (Å²) in [6, 6.07) is 6.31. The summed E-state index contributed by atoms with van der Waals surface area (Å²) >= 11 is 12.9. The van der Waals surface area contributed by atoms with E-state index in [2.05, 4.69) is 10.9 Å². The predicted octanol–water partition coefficient (Wildman–Crippen LogP) is 3.44. The van der Waals surface area contributed by atoms with E-state index in [0.29, 0.717) is 20.5 Å². The Morgan fingerprint density at radius 2 is 1.65 bits per heavy atom. The predicted molar refractivity (Wildman–Crippen MR) is 80.5 cm³/mol. The smallest absolute Gasteiger partial charge is 0.267 e. The molecule has 2 amide bonds. The van der Waals surface area contributed by atoms with E-state index in [1.54, 1.807) is 29.6 Å². The molecule has 0 fully saturated rings. The molecule has 0 saturated carbocycles. The average molecular weight is 329 g/mol. The number of aryl methyl sites for hydroxylation is 1. The van der Waals surface area contributed by atoms with Gasteiger partial charge in [-0.15, -0.1) is 11.3 Å². The van der Waals surface area contributed by atoms with Crippen molar-refractivity contribution in [2.75, 3.05) is 0 Å². The van der Waals surface area contributed by atoms with E-state index >= 15 is 0 Å². The van der Waals surface area contributed by atoms with Gasteiger partial charge in [0.1, 0.15) is 4.88 Å². The van der Waals surface area contributed by atoms with Gasteiger partial charge >= 0.3 is 0 Å². The van der Waals surface area contributed by atoms with Crippen LogP contribution in [0.4, 0.5) is 0 Å². The molecular weight excluding hydrogens is 319 g/mol. The number of benzene rings is 1. The van der Waals surface area contributed by atoms with Crippen molar-refractivity contribution in [1.82, 2.24) is 10.9 Å². The lowest BCUT2D eigenvalue weighted by atomic mass is 10.2. The van der Waals surface area contributed by atoms with Gasteiger partial charge in [0.25, 0.3) is 11.8 Å². The van der Waals surface area contributed by atoms with Crippen molar-refractivity contribution in [2.24, 2.45) is 0 Å². The standard InChI is InChI=1S/C13H10Cl2N2O2S/c1-7-6-20-11(10(7)15)13(19)17-16-12(18)8-2-4-9(14)5-3-8/h2-6H,1H3,(H,16,18)(H,17,19). The van der Waals surface area contributed by atoms with Crippen LogP contribution in [0.2, 0.25) is 10.0 Å². The quantitative estimate of drug-likeness (QED) is 0.829. The molecule has 0 saturated heterocycles. The SMILES string of the molecule is Cc1csc(C(=O)NNC(=O)c2ccc(Cl)cc2)c1Cl. The fraction of sp³-hybridized carbons (Fsp3) is 0.0769. The van der Waals surface area contributed by atoms with Crippen molar-refractivity contribution in [3.05, 3.63) is 55.7 Å². The summed E-state index contributed by atoms with van der Waals surface area (Å²) in [6.07, 6.45) is 0. The van der Waals surface area contributed by atoms with E-state index in [1.165, 1.54) is 11.3 Å². The van der Waals surface area contributed by atoms with Crippen LogP contribution in [0.25, 0.3) is 0 Å². The van der Waals surface area contributed by atoms with Crippen LogP contribution in [-0.4, -0.2) is 11.8 Å². The molecule has 7 heteroatoms. The second-order valence-corrected chi connectivity index (χ2v) is 5.67. The Morgan fingerprint density at radius 1 is 1.05 bits per heavy atom. The Balaban J connectivity index is 1.98. The highest BCUT2D eigenvalue weighted by atomic mass is 35.5. The number of thiophene rings is 1.